The molecule has 1 N–H and O–H groups in total. The van der Waals surface area contributed by atoms with E-state index in [0.29, 0.717) is 6.54 Å². The number of rotatable bonds is 4. The molecule has 0 aliphatic heterocycles. The largest absolute Gasteiger partial charge is 0.351 e. The van der Waals surface area contributed by atoms with Crippen LogP contribution in [0.25, 0.3) is 0 Å². The highest BCUT2D eigenvalue weighted by atomic mass is 79.9. The third-order valence-electron chi connectivity index (χ3n) is 1.76. The number of benzene rings is 1. The monoisotopic (exact) mass is 272 g/mol. The third kappa shape index (κ3) is 3.67. The van der Waals surface area contributed by atoms with Crippen LogP contribution in [0.3, 0.4) is 0 Å². The minimum Gasteiger partial charge on any atom is -0.351 e. The molecule has 0 saturated heterocycles. The summed E-state index contributed by atoms with van der Waals surface area (Å²) >= 11 is 3.02. The third-order valence-corrected chi connectivity index (χ3v) is 2.27. The fraction of sp³-hybridized carbons (Fsp3) is 0.222. The molecule has 0 unspecified atom stereocenters. The van der Waals surface area contributed by atoms with Gasteiger partial charge in [0.15, 0.2) is 0 Å². The Morgan fingerprint density at radius 2 is 2.00 bits per heavy atom. The molecule has 0 fully saturated rings. The number of alkyl halides is 1. The molecule has 80 valence electrons. The van der Waals surface area contributed by atoms with Crippen LogP contribution >= 0.6 is 15.9 Å². The fourth-order valence-electron chi connectivity index (χ4n) is 0.983. The van der Waals surface area contributed by atoms with Gasteiger partial charge in [0, 0.05) is 18.7 Å². The Kier molecular flexibility index (Phi) is 4.23. The standard InChI is InChI=1S/C9H9BrN2O3/c10-5-9(13)11-6-7-1-3-8(4-2-7)12(14)15/h1-4H,5-6H2,(H,11,13). The summed E-state index contributed by atoms with van der Waals surface area (Å²) in [4.78, 5) is 20.8. The molecule has 1 amide bonds. The summed E-state index contributed by atoms with van der Waals surface area (Å²) in [5.74, 6) is -0.117. The van der Waals surface area contributed by atoms with E-state index in [1.54, 1.807) is 12.1 Å². The Hall–Kier alpha value is -1.43. The minimum atomic E-state index is -0.457. The molecule has 1 aromatic rings. The number of halogens is 1. The van der Waals surface area contributed by atoms with Crippen molar-refractivity contribution in [1.29, 1.82) is 0 Å². The van der Waals surface area contributed by atoms with Crippen LogP contribution in [0.15, 0.2) is 24.3 Å². The number of hydrogen-bond acceptors (Lipinski definition) is 3. The summed E-state index contributed by atoms with van der Waals surface area (Å²) in [7, 11) is 0. The van der Waals surface area contributed by atoms with Crippen molar-refractivity contribution in [2.75, 3.05) is 5.33 Å². The summed E-state index contributed by atoms with van der Waals surface area (Å²) in [6.07, 6.45) is 0. The van der Waals surface area contributed by atoms with Crippen molar-refractivity contribution >= 4 is 27.5 Å². The van der Waals surface area contributed by atoms with Crippen molar-refractivity contribution in [2.45, 2.75) is 6.54 Å². The van der Waals surface area contributed by atoms with Crippen molar-refractivity contribution in [1.82, 2.24) is 5.32 Å². The van der Waals surface area contributed by atoms with E-state index in [-0.39, 0.29) is 16.9 Å². The van der Waals surface area contributed by atoms with Crippen LogP contribution in [0.5, 0.6) is 0 Å². The Labute approximate surface area is 94.8 Å². The number of carbonyl (C=O) groups is 1. The van der Waals surface area contributed by atoms with E-state index >= 15 is 0 Å². The van der Waals surface area contributed by atoms with Crippen LogP contribution in [0.1, 0.15) is 5.56 Å². The van der Waals surface area contributed by atoms with Gasteiger partial charge in [-0.3, -0.25) is 14.9 Å². The van der Waals surface area contributed by atoms with Gasteiger partial charge in [0.2, 0.25) is 5.91 Å². The van der Waals surface area contributed by atoms with Crippen LogP contribution in [0.4, 0.5) is 5.69 Å². The molecule has 0 radical (unpaired) electrons. The fourth-order valence-corrected chi connectivity index (χ4v) is 1.18. The summed E-state index contributed by atoms with van der Waals surface area (Å²) < 4.78 is 0. The molecule has 5 nitrogen and oxygen atoms in total. The quantitative estimate of drug-likeness (QED) is 0.514. The van der Waals surface area contributed by atoms with Crippen molar-refractivity contribution in [3.05, 3.63) is 39.9 Å². The molecule has 0 heterocycles. The number of nitro groups is 1. The maximum absolute atomic E-state index is 10.9. The molecule has 0 bridgehead atoms. The van der Waals surface area contributed by atoms with Crippen LogP contribution in [0.2, 0.25) is 0 Å². The number of carbonyl (C=O) groups excluding carboxylic acids is 1. The molecule has 6 heteroatoms. The van der Waals surface area contributed by atoms with Crippen molar-refractivity contribution in [2.24, 2.45) is 0 Å². The van der Waals surface area contributed by atoms with Crippen LogP contribution in [0, 0.1) is 10.1 Å². The first kappa shape index (κ1) is 11.6. The maximum Gasteiger partial charge on any atom is 0.269 e. The molecular formula is C9H9BrN2O3. The number of amides is 1. The highest BCUT2D eigenvalue weighted by Crippen LogP contribution is 2.11. The summed E-state index contributed by atoms with van der Waals surface area (Å²) in [5.41, 5.74) is 0.875. The van der Waals surface area contributed by atoms with E-state index in [1.165, 1.54) is 12.1 Å². The van der Waals surface area contributed by atoms with E-state index in [4.69, 9.17) is 0 Å². The van der Waals surface area contributed by atoms with Gasteiger partial charge in [-0.15, -0.1) is 0 Å². The highest BCUT2D eigenvalue weighted by molar-refractivity contribution is 9.09. The first-order valence-corrected chi connectivity index (χ1v) is 5.31. The molecule has 0 aliphatic rings. The number of nitrogens with zero attached hydrogens (tertiary/aromatic N) is 1. The second kappa shape index (κ2) is 5.45. The molecule has 1 aromatic carbocycles. The Balaban J connectivity index is 2.57. The molecule has 1 rings (SSSR count). The maximum atomic E-state index is 10.9. The van der Waals surface area contributed by atoms with Crippen LogP contribution < -0.4 is 5.32 Å². The molecule has 0 saturated carbocycles. The van der Waals surface area contributed by atoms with Gasteiger partial charge in [0.25, 0.3) is 5.69 Å². The summed E-state index contributed by atoms with van der Waals surface area (Å²) in [5, 5.41) is 13.2. The number of non-ortho nitro benzene ring substituents is 1. The Morgan fingerprint density at radius 1 is 1.40 bits per heavy atom. The lowest BCUT2D eigenvalue weighted by Crippen LogP contribution is -2.23. The average Bonchev–Trinajstić information content (AvgIpc) is 2.26. The average molecular weight is 273 g/mol. The lowest BCUT2D eigenvalue weighted by molar-refractivity contribution is -0.384. The number of hydrogen-bond donors (Lipinski definition) is 1. The first-order valence-electron chi connectivity index (χ1n) is 4.19. The predicted octanol–water partition coefficient (Wildman–Crippen LogP) is 1.61. The lowest BCUT2D eigenvalue weighted by Gasteiger charge is -2.02. The Bertz CT molecular complexity index is 364. The van der Waals surface area contributed by atoms with E-state index < -0.39 is 4.92 Å². The van der Waals surface area contributed by atoms with Crippen molar-refractivity contribution in [3.8, 4) is 0 Å². The second-order valence-electron chi connectivity index (χ2n) is 2.83. The predicted molar refractivity (Wildman–Crippen MR) is 58.7 cm³/mol. The van der Waals surface area contributed by atoms with E-state index in [1.807, 2.05) is 0 Å². The molecule has 0 aromatic heterocycles. The Morgan fingerprint density at radius 3 is 2.47 bits per heavy atom. The highest BCUT2D eigenvalue weighted by Gasteiger charge is 2.04. The van der Waals surface area contributed by atoms with Gasteiger partial charge in [-0.25, -0.2) is 0 Å². The van der Waals surface area contributed by atoms with Gasteiger partial charge < -0.3 is 5.32 Å². The summed E-state index contributed by atoms with van der Waals surface area (Å²) in [6, 6.07) is 6.06. The molecule has 0 spiro atoms. The number of nitrogens with one attached hydrogen (secondary N) is 1. The van der Waals surface area contributed by atoms with Crippen molar-refractivity contribution < 1.29 is 9.72 Å². The first-order chi connectivity index (χ1) is 7.13. The van der Waals surface area contributed by atoms with Gasteiger partial charge in [-0.1, -0.05) is 28.1 Å². The minimum absolute atomic E-state index is 0.0468. The lowest BCUT2D eigenvalue weighted by atomic mass is 10.2. The van der Waals surface area contributed by atoms with Gasteiger partial charge in [0.1, 0.15) is 0 Å². The van der Waals surface area contributed by atoms with Gasteiger partial charge in [-0.2, -0.15) is 0 Å². The summed E-state index contributed by atoms with van der Waals surface area (Å²) in [6.45, 7) is 0.377. The van der Waals surface area contributed by atoms with Gasteiger partial charge in [-0.05, 0) is 5.56 Å². The number of nitro benzene ring substituents is 1. The molecular weight excluding hydrogens is 264 g/mol. The molecule has 0 aliphatic carbocycles. The van der Waals surface area contributed by atoms with Crippen LogP contribution in [-0.2, 0) is 11.3 Å². The molecule has 15 heavy (non-hydrogen) atoms. The SMILES string of the molecule is O=C(CBr)NCc1ccc([N+](=O)[O-])cc1. The topological polar surface area (TPSA) is 72.2 Å². The zero-order chi connectivity index (χ0) is 11.3. The zero-order valence-electron chi connectivity index (χ0n) is 7.77. The normalized spacial score (nSPS) is 9.67. The van der Waals surface area contributed by atoms with Crippen molar-refractivity contribution in [3.63, 3.8) is 0 Å². The zero-order valence-corrected chi connectivity index (χ0v) is 9.36. The van der Waals surface area contributed by atoms with Gasteiger partial charge in [0.05, 0.1) is 10.3 Å². The van der Waals surface area contributed by atoms with E-state index in [9.17, 15) is 14.9 Å². The smallest absolute Gasteiger partial charge is 0.269 e. The second-order valence-corrected chi connectivity index (χ2v) is 3.39. The van der Waals surface area contributed by atoms with Gasteiger partial charge >= 0.3 is 0 Å². The van der Waals surface area contributed by atoms with E-state index in [2.05, 4.69) is 21.2 Å². The van der Waals surface area contributed by atoms with Crippen LogP contribution in [-0.4, -0.2) is 16.2 Å². The van der Waals surface area contributed by atoms with E-state index in [0.717, 1.165) is 5.56 Å². The molecule has 0 atom stereocenters.